The minimum absolute atomic E-state index is 0.0721. The van der Waals surface area contributed by atoms with Crippen molar-refractivity contribution in [1.29, 1.82) is 0 Å². The summed E-state index contributed by atoms with van der Waals surface area (Å²) in [4.78, 5) is 12.2. The lowest BCUT2D eigenvalue weighted by Gasteiger charge is -2.21. The normalized spacial score (nSPS) is 15.3. The molecule has 5 nitrogen and oxygen atoms in total. The van der Waals surface area contributed by atoms with Gasteiger partial charge in [-0.15, -0.1) is 10.2 Å². The van der Waals surface area contributed by atoms with E-state index in [1.54, 1.807) is 12.1 Å². The minimum atomic E-state index is -0.0721. The van der Waals surface area contributed by atoms with Crippen molar-refractivity contribution in [2.75, 3.05) is 11.1 Å². The van der Waals surface area contributed by atoms with E-state index in [1.807, 2.05) is 12.1 Å². The Morgan fingerprint density at radius 2 is 2.12 bits per heavy atom. The second kappa shape index (κ2) is 8.72. The molecule has 2 aromatic rings. The quantitative estimate of drug-likeness (QED) is 0.738. The number of halogens is 1. The van der Waals surface area contributed by atoms with E-state index in [9.17, 15) is 4.79 Å². The van der Waals surface area contributed by atoms with Crippen LogP contribution >= 0.6 is 23.4 Å². The molecule has 1 N–H and O–H groups in total. The fourth-order valence-corrected chi connectivity index (χ4v) is 4.26. The van der Waals surface area contributed by atoms with Gasteiger partial charge < -0.3 is 9.88 Å². The first-order valence-corrected chi connectivity index (χ1v) is 10.1. The predicted octanol–water partition coefficient (Wildman–Crippen LogP) is 4.73. The molecule has 1 heterocycles. The van der Waals surface area contributed by atoms with Crippen LogP contribution in [0.3, 0.4) is 0 Å². The Balaban J connectivity index is 1.60. The number of thioether (sulfide) groups is 1. The number of carbonyl (C=O) groups excluding carboxylic acids is 1. The van der Waals surface area contributed by atoms with Crippen molar-refractivity contribution in [3.63, 3.8) is 0 Å². The van der Waals surface area contributed by atoms with Crippen molar-refractivity contribution in [3.05, 3.63) is 35.1 Å². The second-order valence-corrected chi connectivity index (χ2v) is 7.65. The highest BCUT2D eigenvalue weighted by Gasteiger charge is 2.23. The SMILES string of the molecule is CCn1c(SCC(=O)Nc2cccc(Cl)c2)nnc1C1CCCCC1. The highest BCUT2D eigenvalue weighted by Crippen LogP contribution is 2.33. The molecule has 1 amide bonds. The number of amides is 1. The summed E-state index contributed by atoms with van der Waals surface area (Å²) >= 11 is 7.37. The second-order valence-electron chi connectivity index (χ2n) is 6.27. The van der Waals surface area contributed by atoms with Crippen molar-refractivity contribution < 1.29 is 4.79 Å². The molecule has 3 rings (SSSR count). The minimum Gasteiger partial charge on any atom is -0.325 e. The number of anilines is 1. The molecule has 0 bridgehead atoms. The van der Waals surface area contributed by atoms with Crippen molar-refractivity contribution in [2.24, 2.45) is 0 Å². The van der Waals surface area contributed by atoms with Gasteiger partial charge in [0.2, 0.25) is 5.91 Å². The summed E-state index contributed by atoms with van der Waals surface area (Å²) in [7, 11) is 0. The lowest BCUT2D eigenvalue weighted by molar-refractivity contribution is -0.113. The number of aromatic nitrogens is 3. The van der Waals surface area contributed by atoms with Gasteiger partial charge in [0.25, 0.3) is 0 Å². The molecule has 0 radical (unpaired) electrons. The van der Waals surface area contributed by atoms with Gasteiger partial charge in [0.05, 0.1) is 5.75 Å². The van der Waals surface area contributed by atoms with E-state index in [4.69, 9.17) is 11.6 Å². The number of carbonyl (C=O) groups is 1. The standard InChI is InChI=1S/C18H23ClN4OS/c1-2-23-17(13-7-4-3-5-8-13)21-22-18(23)25-12-16(24)20-15-10-6-9-14(19)11-15/h6,9-11,13H,2-5,7-8,12H2,1H3,(H,20,24). The molecule has 0 spiro atoms. The molecule has 25 heavy (non-hydrogen) atoms. The van der Waals surface area contributed by atoms with E-state index in [1.165, 1.54) is 43.9 Å². The Morgan fingerprint density at radius 3 is 2.84 bits per heavy atom. The Bertz CT molecular complexity index is 728. The van der Waals surface area contributed by atoms with E-state index >= 15 is 0 Å². The van der Waals surface area contributed by atoms with Gasteiger partial charge in [0, 0.05) is 23.2 Å². The number of benzene rings is 1. The predicted molar refractivity (Wildman–Crippen MR) is 102 cm³/mol. The molecule has 1 fully saturated rings. The van der Waals surface area contributed by atoms with Crippen molar-refractivity contribution in [1.82, 2.24) is 14.8 Å². The molecule has 0 atom stereocenters. The van der Waals surface area contributed by atoms with Crippen LogP contribution < -0.4 is 5.32 Å². The number of rotatable bonds is 6. The maximum Gasteiger partial charge on any atom is 0.234 e. The summed E-state index contributed by atoms with van der Waals surface area (Å²) in [6, 6.07) is 7.15. The van der Waals surface area contributed by atoms with Gasteiger partial charge in [0.1, 0.15) is 5.82 Å². The molecule has 1 aliphatic rings. The lowest BCUT2D eigenvalue weighted by atomic mass is 9.89. The first-order chi connectivity index (χ1) is 12.2. The van der Waals surface area contributed by atoms with E-state index < -0.39 is 0 Å². The van der Waals surface area contributed by atoms with Crippen LogP contribution in [0.25, 0.3) is 0 Å². The van der Waals surface area contributed by atoms with E-state index in [0.29, 0.717) is 22.4 Å². The molecule has 134 valence electrons. The van der Waals surface area contributed by atoms with E-state index in [2.05, 4.69) is 27.0 Å². The summed E-state index contributed by atoms with van der Waals surface area (Å²) in [5.74, 6) is 1.82. The van der Waals surface area contributed by atoms with Gasteiger partial charge in [-0.3, -0.25) is 4.79 Å². The van der Waals surface area contributed by atoms with Crippen molar-refractivity contribution in [3.8, 4) is 0 Å². The topological polar surface area (TPSA) is 59.8 Å². The average Bonchev–Trinajstić information content (AvgIpc) is 3.03. The van der Waals surface area contributed by atoms with Crippen LogP contribution in [0.2, 0.25) is 5.02 Å². The van der Waals surface area contributed by atoms with Gasteiger partial charge in [-0.1, -0.05) is 48.7 Å². The van der Waals surface area contributed by atoms with Gasteiger partial charge >= 0.3 is 0 Å². The fourth-order valence-electron chi connectivity index (χ4n) is 3.26. The highest BCUT2D eigenvalue weighted by molar-refractivity contribution is 7.99. The first-order valence-electron chi connectivity index (χ1n) is 8.78. The summed E-state index contributed by atoms with van der Waals surface area (Å²) < 4.78 is 2.16. The summed E-state index contributed by atoms with van der Waals surface area (Å²) in [6.07, 6.45) is 6.25. The average molecular weight is 379 g/mol. The van der Waals surface area contributed by atoms with Crippen LogP contribution in [0.5, 0.6) is 0 Å². The molecule has 7 heteroatoms. The van der Waals surface area contributed by atoms with Crippen LogP contribution in [-0.4, -0.2) is 26.4 Å². The largest absolute Gasteiger partial charge is 0.325 e. The van der Waals surface area contributed by atoms with Crippen LogP contribution in [-0.2, 0) is 11.3 Å². The Labute approximate surface area is 157 Å². The van der Waals surface area contributed by atoms with Gasteiger partial charge in [-0.2, -0.15) is 0 Å². The Kier molecular flexibility index (Phi) is 6.37. The van der Waals surface area contributed by atoms with E-state index in [-0.39, 0.29) is 5.91 Å². The zero-order valence-corrected chi connectivity index (χ0v) is 15.9. The maximum absolute atomic E-state index is 12.2. The monoisotopic (exact) mass is 378 g/mol. The van der Waals surface area contributed by atoms with Gasteiger partial charge in [-0.05, 0) is 38.0 Å². The molecular weight excluding hydrogens is 356 g/mol. The Morgan fingerprint density at radius 1 is 1.32 bits per heavy atom. The zero-order valence-electron chi connectivity index (χ0n) is 14.4. The zero-order chi connectivity index (χ0) is 17.6. The van der Waals surface area contributed by atoms with E-state index in [0.717, 1.165) is 17.5 Å². The van der Waals surface area contributed by atoms with Crippen molar-refractivity contribution in [2.45, 2.75) is 56.6 Å². The molecule has 0 saturated heterocycles. The molecule has 1 aromatic carbocycles. The highest BCUT2D eigenvalue weighted by atomic mass is 35.5. The Hall–Kier alpha value is -1.53. The maximum atomic E-state index is 12.2. The van der Waals surface area contributed by atoms with Crippen LogP contribution in [0.4, 0.5) is 5.69 Å². The van der Waals surface area contributed by atoms with Crippen LogP contribution in [0.1, 0.15) is 50.8 Å². The summed E-state index contributed by atoms with van der Waals surface area (Å²) in [6.45, 7) is 2.93. The van der Waals surface area contributed by atoms with Gasteiger partial charge in [0.15, 0.2) is 5.16 Å². The van der Waals surface area contributed by atoms with Crippen LogP contribution in [0.15, 0.2) is 29.4 Å². The molecule has 0 unspecified atom stereocenters. The molecule has 0 aliphatic heterocycles. The third-order valence-corrected chi connectivity index (χ3v) is 5.67. The van der Waals surface area contributed by atoms with Gasteiger partial charge in [-0.25, -0.2) is 0 Å². The summed E-state index contributed by atoms with van der Waals surface area (Å²) in [5, 5.41) is 13.0. The van der Waals surface area contributed by atoms with Crippen molar-refractivity contribution >= 4 is 35.0 Å². The lowest BCUT2D eigenvalue weighted by Crippen LogP contribution is -2.15. The number of nitrogens with zero attached hydrogens (tertiary/aromatic N) is 3. The molecule has 1 saturated carbocycles. The number of hydrogen-bond donors (Lipinski definition) is 1. The third-order valence-electron chi connectivity index (χ3n) is 4.47. The number of nitrogens with one attached hydrogen (secondary N) is 1. The number of hydrogen-bond acceptors (Lipinski definition) is 4. The fraction of sp³-hybridized carbons (Fsp3) is 0.500. The van der Waals surface area contributed by atoms with Crippen LogP contribution in [0, 0.1) is 0 Å². The third kappa shape index (κ3) is 4.76. The molecule has 1 aliphatic carbocycles. The summed E-state index contributed by atoms with van der Waals surface area (Å²) in [5.41, 5.74) is 0.706. The molecule has 1 aromatic heterocycles. The smallest absolute Gasteiger partial charge is 0.234 e. The first kappa shape index (κ1) is 18.3. The molecular formula is C18H23ClN4OS.